The summed E-state index contributed by atoms with van der Waals surface area (Å²) in [6.45, 7) is 9.22. The lowest BCUT2D eigenvalue weighted by atomic mass is 9.88. The smallest absolute Gasteiger partial charge is 0.0334 e. The number of hydrogen-bond donors (Lipinski definition) is 1. The van der Waals surface area contributed by atoms with Crippen molar-refractivity contribution in [2.45, 2.75) is 38.8 Å². The second kappa shape index (κ2) is 5.30. The van der Waals surface area contributed by atoms with Gasteiger partial charge in [-0.25, -0.2) is 0 Å². The predicted molar refractivity (Wildman–Crippen MR) is 70.9 cm³/mol. The van der Waals surface area contributed by atoms with E-state index in [4.69, 9.17) is 0 Å². The minimum atomic E-state index is 0.377. The number of nitrogens with one attached hydrogen (secondary N) is 1. The Bertz CT molecular complexity index is 304. The van der Waals surface area contributed by atoms with E-state index in [1.165, 1.54) is 24.3 Å². The fourth-order valence-corrected chi connectivity index (χ4v) is 3.39. The zero-order valence-electron chi connectivity index (χ0n) is 10.3. The van der Waals surface area contributed by atoms with Gasteiger partial charge in [0.05, 0.1) is 0 Å². The maximum atomic E-state index is 3.55. The molecule has 1 aromatic heterocycles. The fraction of sp³-hybridized carbons (Fsp3) is 0.692. The van der Waals surface area contributed by atoms with Gasteiger partial charge in [0.15, 0.2) is 0 Å². The van der Waals surface area contributed by atoms with Gasteiger partial charge in [0, 0.05) is 36.6 Å². The van der Waals surface area contributed by atoms with Crippen LogP contribution >= 0.6 is 11.3 Å². The van der Waals surface area contributed by atoms with Gasteiger partial charge in [-0.3, -0.25) is 4.90 Å². The summed E-state index contributed by atoms with van der Waals surface area (Å²) in [5, 5.41) is 5.73. The molecule has 1 aliphatic heterocycles. The van der Waals surface area contributed by atoms with Gasteiger partial charge in [-0.2, -0.15) is 0 Å². The number of thiophene rings is 1. The van der Waals surface area contributed by atoms with Crippen molar-refractivity contribution in [3.05, 3.63) is 22.4 Å². The molecule has 0 aromatic carbocycles. The number of rotatable bonds is 4. The van der Waals surface area contributed by atoms with E-state index in [9.17, 15) is 0 Å². The van der Waals surface area contributed by atoms with Crippen LogP contribution in [0.2, 0.25) is 0 Å². The predicted octanol–water partition coefficient (Wildman–Crippen LogP) is 2.71. The third-order valence-corrected chi connectivity index (χ3v) is 4.79. The molecular weight excluding hydrogens is 216 g/mol. The van der Waals surface area contributed by atoms with Gasteiger partial charge in [0.25, 0.3) is 0 Å². The lowest BCUT2D eigenvalue weighted by Crippen LogP contribution is -2.60. The summed E-state index contributed by atoms with van der Waals surface area (Å²) in [6.07, 6.45) is 2.48. The number of nitrogens with zero attached hydrogens (tertiary/aromatic N) is 1. The van der Waals surface area contributed by atoms with Crippen LogP contribution in [0.3, 0.4) is 0 Å². The summed E-state index contributed by atoms with van der Waals surface area (Å²) in [4.78, 5) is 4.17. The minimum absolute atomic E-state index is 0.377. The first kappa shape index (κ1) is 12.1. The van der Waals surface area contributed by atoms with Crippen LogP contribution < -0.4 is 5.32 Å². The molecule has 2 heterocycles. The minimum Gasteiger partial charge on any atom is -0.314 e. The van der Waals surface area contributed by atoms with Gasteiger partial charge in [-0.15, -0.1) is 11.3 Å². The summed E-state index contributed by atoms with van der Waals surface area (Å²) in [7, 11) is 0. The molecule has 1 saturated heterocycles. The molecule has 0 unspecified atom stereocenters. The third kappa shape index (κ3) is 2.31. The molecule has 2 nitrogen and oxygen atoms in total. The molecule has 0 atom stereocenters. The standard InChI is InChI=1S/C13H22N2S/c1-3-13(4-2)11-14-7-8-15(13)10-12-6-5-9-16-12/h5-6,9,14H,3-4,7-8,10-11H2,1-2H3. The largest absolute Gasteiger partial charge is 0.314 e. The highest BCUT2D eigenvalue weighted by atomic mass is 32.1. The first-order valence-electron chi connectivity index (χ1n) is 6.29. The molecule has 0 spiro atoms. The zero-order chi connectivity index (χ0) is 11.4. The Balaban J connectivity index is 2.10. The molecule has 0 aliphatic carbocycles. The highest BCUT2D eigenvalue weighted by Gasteiger charge is 2.35. The SMILES string of the molecule is CCC1(CC)CNCCN1Cc1cccs1. The maximum Gasteiger partial charge on any atom is 0.0334 e. The number of piperazine rings is 1. The zero-order valence-corrected chi connectivity index (χ0v) is 11.1. The molecule has 0 saturated carbocycles. The maximum absolute atomic E-state index is 3.55. The summed E-state index contributed by atoms with van der Waals surface area (Å²) in [6, 6.07) is 4.41. The van der Waals surface area contributed by atoms with E-state index in [1.807, 2.05) is 11.3 Å². The molecule has 90 valence electrons. The van der Waals surface area contributed by atoms with Crippen molar-refractivity contribution in [1.82, 2.24) is 10.2 Å². The van der Waals surface area contributed by atoms with E-state index in [0.29, 0.717) is 5.54 Å². The Kier molecular flexibility index (Phi) is 4.00. The summed E-state index contributed by atoms with van der Waals surface area (Å²) < 4.78 is 0. The van der Waals surface area contributed by atoms with Crippen molar-refractivity contribution < 1.29 is 0 Å². The molecule has 0 radical (unpaired) electrons. The lowest BCUT2D eigenvalue weighted by Gasteiger charge is -2.47. The van der Waals surface area contributed by atoms with Crippen molar-refractivity contribution in [3.63, 3.8) is 0 Å². The Labute approximate surface area is 103 Å². The van der Waals surface area contributed by atoms with Gasteiger partial charge < -0.3 is 5.32 Å². The van der Waals surface area contributed by atoms with E-state index in [2.05, 4.69) is 41.6 Å². The summed E-state index contributed by atoms with van der Waals surface area (Å²) in [5.41, 5.74) is 0.377. The number of hydrogen-bond acceptors (Lipinski definition) is 3. The molecule has 1 fully saturated rings. The van der Waals surface area contributed by atoms with Crippen LogP contribution in [0.1, 0.15) is 31.6 Å². The molecule has 16 heavy (non-hydrogen) atoms. The highest BCUT2D eigenvalue weighted by Crippen LogP contribution is 2.28. The van der Waals surface area contributed by atoms with Crippen LogP contribution in [-0.4, -0.2) is 30.1 Å². The Hall–Kier alpha value is -0.380. The summed E-state index contributed by atoms with van der Waals surface area (Å²) >= 11 is 1.88. The molecule has 1 N–H and O–H groups in total. The Morgan fingerprint density at radius 2 is 2.25 bits per heavy atom. The van der Waals surface area contributed by atoms with Gasteiger partial charge >= 0.3 is 0 Å². The van der Waals surface area contributed by atoms with Gasteiger partial charge in [0.1, 0.15) is 0 Å². The summed E-state index contributed by atoms with van der Waals surface area (Å²) in [5.74, 6) is 0. The lowest BCUT2D eigenvalue weighted by molar-refractivity contribution is 0.0457. The molecule has 2 rings (SSSR count). The van der Waals surface area contributed by atoms with Crippen LogP contribution in [0.15, 0.2) is 17.5 Å². The van der Waals surface area contributed by atoms with Crippen LogP contribution in [0.4, 0.5) is 0 Å². The van der Waals surface area contributed by atoms with E-state index < -0.39 is 0 Å². The quantitative estimate of drug-likeness (QED) is 0.867. The molecule has 0 amide bonds. The van der Waals surface area contributed by atoms with Crippen LogP contribution in [0.5, 0.6) is 0 Å². The van der Waals surface area contributed by atoms with E-state index >= 15 is 0 Å². The van der Waals surface area contributed by atoms with E-state index in [0.717, 1.165) is 19.6 Å². The second-order valence-electron chi connectivity index (χ2n) is 4.61. The normalized spacial score (nSPS) is 21.1. The average molecular weight is 238 g/mol. The van der Waals surface area contributed by atoms with Gasteiger partial charge in [0.2, 0.25) is 0 Å². The monoisotopic (exact) mass is 238 g/mol. The topological polar surface area (TPSA) is 15.3 Å². The Morgan fingerprint density at radius 3 is 2.88 bits per heavy atom. The first-order valence-corrected chi connectivity index (χ1v) is 7.17. The van der Waals surface area contributed by atoms with Crippen LogP contribution in [0, 0.1) is 0 Å². The molecular formula is C13H22N2S. The van der Waals surface area contributed by atoms with Crippen molar-refractivity contribution in [3.8, 4) is 0 Å². The molecule has 1 aromatic rings. The Morgan fingerprint density at radius 1 is 1.44 bits per heavy atom. The van der Waals surface area contributed by atoms with Crippen LogP contribution in [-0.2, 0) is 6.54 Å². The van der Waals surface area contributed by atoms with Crippen molar-refractivity contribution >= 4 is 11.3 Å². The van der Waals surface area contributed by atoms with Crippen molar-refractivity contribution in [2.24, 2.45) is 0 Å². The van der Waals surface area contributed by atoms with Gasteiger partial charge in [-0.1, -0.05) is 19.9 Å². The van der Waals surface area contributed by atoms with Crippen molar-refractivity contribution in [2.75, 3.05) is 19.6 Å². The first-order chi connectivity index (χ1) is 7.80. The second-order valence-corrected chi connectivity index (χ2v) is 5.64. The molecule has 0 bridgehead atoms. The fourth-order valence-electron chi connectivity index (χ4n) is 2.67. The van der Waals surface area contributed by atoms with Gasteiger partial charge in [-0.05, 0) is 24.3 Å². The van der Waals surface area contributed by atoms with E-state index in [-0.39, 0.29) is 0 Å². The van der Waals surface area contributed by atoms with Crippen molar-refractivity contribution in [1.29, 1.82) is 0 Å². The average Bonchev–Trinajstić information content (AvgIpc) is 2.83. The van der Waals surface area contributed by atoms with Crippen LogP contribution in [0.25, 0.3) is 0 Å². The molecule has 1 aliphatic rings. The highest BCUT2D eigenvalue weighted by molar-refractivity contribution is 7.09. The van der Waals surface area contributed by atoms with E-state index in [1.54, 1.807) is 0 Å². The third-order valence-electron chi connectivity index (χ3n) is 3.93. The molecule has 3 heteroatoms.